The summed E-state index contributed by atoms with van der Waals surface area (Å²) in [5, 5.41) is 44.1. The summed E-state index contributed by atoms with van der Waals surface area (Å²) in [6.45, 7) is 6.14. The number of fused-ring (bicyclic) bond motifs is 2. The lowest BCUT2D eigenvalue weighted by Crippen LogP contribution is -2.65. The molecule has 0 aromatic heterocycles. The molecule has 7 amide bonds. The first-order valence-corrected chi connectivity index (χ1v) is 23.9. The topological polar surface area (TPSA) is 299 Å². The first-order valence-electron chi connectivity index (χ1n) is 23.9. The van der Waals surface area contributed by atoms with E-state index < -0.39 is 120 Å². The van der Waals surface area contributed by atoms with Crippen LogP contribution in [0.25, 0.3) is 0 Å². The van der Waals surface area contributed by atoms with Crippen LogP contribution >= 0.6 is 0 Å². The van der Waals surface area contributed by atoms with Gasteiger partial charge in [0.15, 0.2) is 0 Å². The maximum Gasteiger partial charge on any atom is 0.329 e. The lowest BCUT2D eigenvalue weighted by molar-refractivity contribution is -0.165. The number of hydrogen-bond acceptors (Lipinski definition) is 13. The fraction of sp³-hybridized carbons (Fsp3) is 0.471. The van der Waals surface area contributed by atoms with Crippen molar-refractivity contribution in [1.29, 1.82) is 0 Å². The van der Waals surface area contributed by atoms with Crippen molar-refractivity contribution in [2.24, 2.45) is 5.92 Å². The number of amides is 7. The van der Waals surface area contributed by atoms with Gasteiger partial charge >= 0.3 is 11.9 Å². The van der Waals surface area contributed by atoms with Gasteiger partial charge in [-0.15, -0.1) is 0 Å². The number of aliphatic hydroxyl groups excluding tert-OH is 1. The van der Waals surface area contributed by atoms with Crippen LogP contribution in [0.1, 0.15) is 76.5 Å². The van der Waals surface area contributed by atoms with Crippen molar-refractivity contribution in [1.82, 2.24) is 36.4 Å². The zero-order valence-corrected chi connectivity index (χ0v) is 41.2. The number of ether oxygens (including phenoxy) is 2. The highest BCUT2D eigenvalue weighted by Crippen LogP contribution is 2.26. The second kappa shape index (κ2) is 25.5. The molecule has 21 heteroatoms. The first kappa shape index (κ1) is 55.4. The van der Waals surface area contributed by atoms with Crippen molar-refractivity contribution in [2.45, 2.75) is 134 Å². The maximum absolute atomic E-state index is 15.1. The minimum absolute atomic E-state index is 0.0590. The number of phenols is 1. The minimum Gasteiger partial charge on any atom is -0.508 e. The summed E-state index contributed by atoms with van der Waals surface area (Å²) in [6.07, 6.45) is -4.51. The van der Waals surface area contributed by atoms with Crippen molar-refractivity contribution in [3.8, 4) is 11.5 Å². The van der Waals surface area contributed by atoms with Crippen molar-refractivity contribution in [2.75, 3.05) is 14.2 Å². The van der Waals surface area contributed by atoms with E-state index in [9.17, 15) is 53.7 Å². The lowest BCUT2D eigenvalue weighted by Gasteiger charge is -2.43. The number of carbonyl (C=O) groups excluding carboxylic acids is 8. The quantitative estimate of drug-likeness (QED) is 0.0981. The SMILES string of the molecule is CCCC(=O)NC(CC(=O)O)C(=O)NC1C(=O)NC(Cc2ccc(O)cc2)C(=O)NC2CCC(O)N(C2=O)C(Cc2ccccc2)C(=O)N(C)C(Cc2ccc(OC)cc2)C(=O)NC(C(C)C)C(=O)OC1C. The molecule has 2 fully saturated rings. The summed E-state index contributed by atoms with van der Waals surface area (Å²) in [5.41, 5.74) is 1.58. The van der Waals surface area contributed by atoms with Gasteiger partial charge in [-0.3, -0.25) is 38.4 Å². The van der Waals surface area contributed by atoms with Gasteiger partial charge in [0.1, 0.15) is 66.1 Å². The Morgan fingerprint density at radius 1 is 0.792 bits per heavy atom. The normalized spacial score (nSPS) is 24.1. The lowest BCUT2D eigenvalue weighted by atomic mass is 9.95. The summed E-state index contributed by atoms with van der Waals surface area (Å²) < 4.78 is 11.2. The molecular formula is C51H65N7O14. The zero-order chi connectivity index (χ0) is 52.8. The van der Waals surface area contributed by atoms with Crippen molar-refractivity contribution in [3.63, 3.8) is 0 Å². The third kappa shape index (κ3) is 14.7. The number of rotatable bonds is 15. The van der Waals surface area contributed by atoms with Crippen LogP contribution in [-0.2, 0) is 67.2 Å². The number of hydrogen-bond donors (Lipinski definition) is 8. The van der Waals surface area contributed by atoms with Crippen LogP contribution in [0.15, 0.2) is 78.9 Å². The molecule has 2 aliphatic rings. The summed E-state index contributed by atoms with van der Waals surface area (Å²) in [7, 11) is 2.85. The number of nitrogens with zero attached hydrogens (tertiary/aromatic N) is 2. The summed E-state index contributed by atoms with van der Waals surface area (Å²) in [5.74, 6) is -9.13. The second-order valence-electron chi connectivity index (χ2n) is 18.3. The zero-order valence-electron chi connectivity index (χ0n) is 41.2. The predicted molar refractivity (Wildman–Crippen MR) is 258 cm³/mol. The van der Waals surface area contributed by atoms with Crippen LogP contribution in [0, 0.1) is 5.92 Å². The number of aromatic hydroxyl groups is 1. The third-order valence-electron chi connectivity index (χ3n) is 12.6. The average molecular weight is 1000 g/mol. The van der Waals surface area contributed by atoms with Crippen molar-refractivity contribution >= 4 is 53.3 Å². The number of carboxylic acids is 1. The first-order chi connectivity index (χ1) is 34.2. The number of nitrogens with one attached hydrogen (secondary N) is 5. The summed E-state index contributed by atoms with van der Waals surface area (Å²) in [6, 6.07) is 10.2. The molecule has 5 rings (SSSR count). The number of benzene rings is 3. The Morgan fingerprint density at radius 3 is 2.01 bits per heavy atom. The van der Waals surface area contributed by atoms with Crippen LogP contribution in [0.2, 0.25) is 0 Å². The summed E-state index contributed by atoms with van der Waals surface area (Å²) >= 11 is 0. The molecule has 21 nitrogen and oxygen atoms in total. The molecular weight excluding hydrogens is 935 g/mol. The molecule has 2 bridgehead atoms. The Labute approximate surface area is 417 Å². The number of aliphatic carboxylic acids is 1. The molecule has 3 aromatic carbocycles. The number of carbonyl (C=O) groups is 9. The molecule has 0 spiro atoms. The Morgan fingerprint density at radius 2 is 1.40 bits per heavy atom. The molecule has 9 unspecified atom stereocenters. The molecule has 8 N–H and O–H groups in total. The Bertz CT molecular complexity index is 2420. The van der Waals surface area contributed by atoms with E-state index in [0.29, 0.717) is 28.9 Å². The number of phenolic OH excluding ortho intramolecular Hbond substituents is 1. The van der Waals surface area contributed by atoms with E-state index in [0.717, 1.165) is 9.80 Å². The molecule has 9 atom stereocenters. The highest BCUT2D eigenvalue weighted by molar-refractivity contribution is 5.99. The van der Waals surface area contributed by atoms with Gasteiger partial charge in [-0.25, -0.2) is 4.79 Å². The Hall–Kier alpha value is -7.55. The number of piperidine rings is 1. The average Bonchev–Trinajstić information content (AvgIpc) is 3.34. The number of carboxylic acid groups (broad SMARTS) is 1. The standard InChI is InChI=1S/C51H65N7O14/c1-7-11-40(60)52-37(27-42(62)63)46(65)56-44-29(4)72-51(70)43(28(2)3)55-47(66)38(25-32-16-20-34(71-6)21-17-32)57(5)50(69)39(26-30-12-9-8-10-13-30)58-41(61)23-22-35(49(58)68)53-45(64)36(54-48(44)67)24-31-14-18-33(59)19-15-31/h8-10,12-21,28-29,35-39,41,43-44,59,61H,7,11,22-27H2,1-6H3,(H,52,60)(H,53,64)(H,54,67)(H,55,66)(H,56,65)(H,62,63). The predicted octanol–water partition coefficient (Wildman–Crippen LogP) is 0.865. The summed E-state index contributed by atoms with van der Waals surface area (Å²) in [4.78, 5) is 129. The van der Waals surface area contributed by atoms with Crippen LogP contribution in [-0.4, -0.2) is 147 Å². The largest absolute Gasteiger partial charge is 0.508 e. The molecule has 0 radical (unpaired) electrons. The molecule has 2 saturated heterocycles. The number of esters is 1. The van der Waals surface area contributed by atoms with E-state index in [-0.39, 0.29) is 44.3 Å². The Balaban J connectivity index is 1.65. The van der Waals surface area contributed by atoms with Gasteiger partial charge in [0, 0.05) is 32.7 Å². The second-order valence-corrected chi connectivity index (χ2v) is 18.3. The van der Waals surface area contributed by atoms with E-state index >= 15 is 4.79 Å². The fourth-order valence-electron chi connectivity index (χ4n) is 8.53. The van der Waals surface area contributed by atoms with E-state index in [1.54, 1.807) is 75.4 Å². The number of cyclic esters (lactones) is 1. The van der Waals surface area contributed by atoms with Gasteiger partial charge in [-0.05, 0) is 73.1 Å². The highest BCUT2D eigenvalue weighted by atomic mass is 16.5. The van der Waals surface area contributed by atoms with E-state index in [1.807, 2.05) is 0 Å². The minimum atomic E-state index is -1.89. The molecule has 388 valence electrons. The molecule has 72 heavy (non-hydrogen) atoms. The molecule has 3 aromatic rings. The monoisotopic (exact) mass is 999 g/mol. The van der Waals surface area contributed by atoms with Gasteiger partial charge < -0.3 is 61.2 Å². The van der Waals surface area contributed by atoms with Gasteiger partial charge in [-0.2, -0.15) is 0 Å². The van der Waals surface area contributed by atoms with E-state index in [4.69, 9.17) is 9.47 Å². The van der Waals surface area contributed by atoms with Gasteiger partial charge in [-0.1, -0.05) is 75.4 Å². The van der Waals surface area contributed by atoms with Crippen LogP contribution in [0.3, 0.4) is 0 Å². The molecule has 2 heterocycles. The fourth-order valence-corrected chi connectivity index (χ4v) is 8.53. The number of methoxy groups -OCH3 is 1. The molecule has 0 aliphatic carbocycles. The molecule has 2 aliphatic heterocycles. The van der Waals surface area contributed by atoms with Gasteiger partial charge in [0.05, 0.1) is 13.5 Å². The highest BCUT2D eigenvalue weighted by Gasteiger charge is 2.46. The van der Waals surface area contributed by atoms with Crippen LogP contribution in [0.4, 0.5) is 0 Å². The van der Waals surface area contributed by atoms with Crippen molar-refractivity contribution < 1.29 is 67.9 Å². The van der Waals surface area contributed by atoms with E-state index in [2.05, 4.69) is 26.6 Å². The Kier molecular flexibility index (Phi) is 19.6. The smallest absolute Gasteiger partial charge is 0.329 e. The third-order valence-corrected chi connectivity index (χ3v) is 12.6. The van der Waals surface area contributed by atoms with Crippen LogP contribution < -0.4 is 31.3 Å². The van der Waals surface area contributed by atoms with E-state index in [1.165, 1.54) is 45.3 Å². The van der Waals surface area contributed by atoms with Crippen LogP contribution in [0.5, 0.6) is 11.5 Å². The number of likely N-dealkylation sites (N-methyl/N-ethyl adjacent to an activating group) is 1. The maximum atomic E-state index is 15.1. The van der Waals surface area contributed by atoms with Gasteiger partial charge in [0.2, 0.25) is 41.4 Å². The van der Waals surface area contributed by atoms with Gasteiger partial charge in [0.25, 0.3) is 0 Å². The molecule has 0 saturated carbocycles. The number of aliphatic hydroxyl groups is 1. The van der Waals surface area contributed by atoms with Crippen molar-refractivity contribution in [3.05, 3.63) is 95.6 Å².